The summed E-state index contributed by atoms with van der Waals surface area (Å²) in [4.78, 5) is 13.5. The van der Waals surface area contributed by atoms with Crippen molar-refractivity contribution in [2.24, 2.45) is 0 Å². The van der Waals surface area contributed by atoms with Gasteiger partial charge in [-0.15, -0.1) is 0 Å². The van der Waals surface area contributed by atoms with Gasteiger partial charge in [-0.1, -0.05) is 0 Å². The quantitative estimate of drug-likeness (QED) is 0.650. The number of halogens is 1. The highest BCUT2D eigenvalue weighted by Gasteiger charge is 2.23. The van der Waals surface area contributed by atoms with Crippen LogP contribution in [0, 0.1) is 0 Å². The van der Waals surface area contributed by atoms with E-state index in [-0.39, 0.29) is 11.9 Å². The van der Waals surface area contributed by atoms with Crippen LogP contribution in [0.15, 0.2) is 11.4 Å². The average Bonchev–Trinajstić information content (AvgIpc) is 2.39. The van der Waals surface area contributed by atoms with E-state index in [0.29, 0.717) is 19.5 Å². The third-order valence-electron chi connectivity index (χ3n) is 2.73. The van der Waals surface area contributed by atoms with Crippen molar-refractivity contribution in [1.82, 2.24) is 4.90 Å². The first-order chi connectivity index (χ1) is 7.79. The third-order valence-corrected chi connectivity index (χ3v) is 2.73. The summed E-state index contributed by atoms with van der Waals surface area (Å²) in [6.07, 6.45) is 1.86. The summed E-state index contributed by atoms with van der Waals surface area (Å²) in [5.41, 5.74) is 0.356. The van der Waals surface area contributed by atoms with Crippen LogP contribution in [0.5, 0.6) is 0 Å². The summed E-state index contributed by atoms with van der Waals surface area (Å²) >= 11 is 0. The van der Waals surface area contributed by atoms with Gasteiger partial charge in [-0.2, -0.15) is 0 Å². The number of hydrogen-bond acceptors (Lipinski definition) is 2. The molecule has 4 heteroatoms. The standard InChI is InChI=1S/C13H22FNO2/c1-10(14)11-6-5-8-15(9-7-11)12(16)17-13(2,3)4/h5-9H2,1-4H3/b11-10-. The molecule has 1 aliphatic heterocycles. The van der Waals surface area contributed by atoms with Gasteiger partial charge in [0.15, 0.2) is 0 Å². The van der Waals surface area contributed by atoms with Crippen LogP contribution >= 0.6 is 0 Å². The zero-order valence-corrected chi connectivity index (χ0v) is 11.2. The maximum absolute atomic E-state index is 13.1. The predicted molar refractivity (Wildman–Crippen MR) is 65.5 cm³/mol. The number of ether oxygens (including phenoxy) is 1. The highest BCUT2D eigenvalue weighted by molar-refractivity contribution is 5.68. The van der Waals surface area contributed by atoms with Gasteiger partial charge in [-0.05, 0) is 52.5 Å². The van der Waals surface area contributed by atoms with Gasteiger partial charge in [-0.25, -0.2) is 9.18 Å². The van der Waals surface area contributed by atoms with Gasteiger partial charge in [0.25, 0.3) is 0 Å². The first-order valence-electron chi connectivity index (χ1n) is 6.11. The zero-order valence-electron chi connectivity index (χ0n) is 11.2. The molecule has 98 valence electrons. The monoisotopic (exact) mass is 243 g/mol. The minimum atomic E-state index is -0.474. The summed E-state index contributed by atoms with van der Waals surface area (Å²) in [7, 11) is 0. The number of likely N-dealkylation sites (tertiary alicyclic amines) is 1. The van der Waals surface area contributed by atoms with Crippen molar-refractivity contribution in [1.29, 1.82) is 0 Å². The molecule has 0 bridgehead atoms. The molecular formula is C13H22FNO2. The SMILES string of the molecule is C/C(F)=C1\CCCN(C(=O)OC(C)(C)C)CC1. The van der Waals surface area contributed by atoms with Crippen LogP contribution in [0.4, 0.5) is 9.18 Å². The Morgan fingerprint density at radius 3 is 2.47 bits per heavy atom. The fourth-order valence-corrected chi connectivity index (χ4v) is 1.84. The molecule has 17 heavy (non-hydrogen) atoms. The van der Waals surface area contributed by atoms with Crippen LogP contribution in [0.25, 0.3) is 0 Å². The molecule has 1 aliphatic rings. The lowest BCUT2D eigenvalue weighted by Gasteiger charge is -2.26. The van der Waals surface area contributed by atoms with E-state index in [9.17, 15) is 9.18 Å². The normalized spacial score (nSPS) is 20.9. The Balaban J connectivity index is 2.58. The summed E-state index contributed by atoms with van der Waals surface area (Å²) in [6.45, 7) is 8.22. The molecule has 1 saturated heterocycles. The van der Waals surface area contributed by atoms with Crippen molar-refractivity contribution in [2.45, 2.75) is 52.6 Å². The second-order valence-corrected chi connectivity index (χ2v) is 5.46. The van der Waals surface area contributed by atoms with Crippen LogP contribution in [0.2, 0.25) is 0 Å². The molecule has 0 atom stereocenters. The van der Waals surface area contributed by atoms with Crippen LogP contribution in [0.1, 0.15) is 47.0 Å². The van der Waals surface area contributed by atoms with Crippen molar-refractivity contribution in [3.05, 3.63) is 11.4 Å². The molecule has 1 amide bonds. The van der Waals surface area contributed by atoms with E-state index in [1.54, 1.807) is 4.90 Å². The number of carbonyl (C=O) groups excluding carboxylic acids is 1. The summed E-state index contributed by atoms with van der Waals surface area (Å²) in [5, 5.41) is 0. The molecule has 0 unspecified atom stereocenters. The molecule has 3 nitrogen and oxygen atoms in total. The van der Waals surface area contributed by atoms with Gasteiger partial charge in [-0.3, -0.25) is 0 Å². The lowest BCUT2D eigenvalue weighted by molar-refractivity contribution is 0.0258. The molecule has 0 spiro atoms. The summed E-state index contributed by atoms with van der Waals surface area (Å²) in [5.74, 6) is -0.101. The Morgan fingerprint density at radius 1 is 1.29 bits per heavy atom. The largest absolute Gasteiger partial charge is 0.444 e. The zero-order chi connectivity index (χ0) is 13.1. The van der Waals surface area contributed by atoms with Gasteiger partial charge in [0.2, 0.25) is 0 Å². The first-order valence-corrected chi connectivity index (χ1v) is 6.11. The Kier molecular flexibility index (Phi) is 4.54. The fourth-order valence-electron chi connectivity index (χ4n) is 1.84. The van der Waals surface area contributed by atoms with E-state index in [1.165, 1.54) is 6.92 Å². The third kappa shape index (κ3) is 4.75. The Bertz CT molecular complexity index is 314. The van der Waals surface area contributed by atoms with Crippen molar-refractivity contribution >= 4 is 6.09 Å². The van der Waals surface area contributed by atoms with E-state index in [0.717, 1.165) is 18.4 Å². The highest BCUT2D eigenvalue weighted by atomic mass is 19.1. The number of allylic oxidation sites excluding steroid dienone is 1. The summed E-state index contributed by atoms with van der Waals surface area (Å²) < 4.78 is 18.4. The second-order valence-electron chi connectivity index (χ2n) is 5.46. The number of hydrogen-bond donors (Lipinski definition) is 0. The van der Waals surface area contributed by atoms with E-state index in [2.05, 4.69) is 0 Å². The number of amides is 1. The lowest BCUT2D eigenvalue weighted by Crippen LogP contribution is -2.37. The molecule has 0 aromatic carbocycles. The van der Waals surface area contributed by atoms with Crippen LogP contribution < -0.4 is 0 Å². The van der Waals surface area contributed by atoms with Crippen molar-refractivity contribution in [2.75, 3.05) is 13.1 Å². The smallest absolute Gasteiger partial charge is 0.410 e. The lowest BCUT2D eigenvalue weighted by atomic mass is 10.1. The van der Waals surface area contributed by atoms with E-state index in [1.807, 2.05) is 20.8 Å². The first kappa shape index (κ1) is 14.0. The average molecular weight is 243 g/mol. The molecule has 1 heterocycles. The Hall–Kier alpha value is -1.06. The predicted octanol–water partition coefficient (Wildman–Crippen LogP) is 3.65. The maximum Gasteiger partial charge on any atom is 0.410 e. The molecular weight excluding hydrogens is 221 g/mol. The van der Waals surface area contributed by atoms with E-state index >= 15 is 0 Å². The molecule has 0 aliphatic carbocycles. The van der Waals surface area contributed by atoms with E-state index < -0.39 is 5.60 Å². The maximum atomic E-state index is 13.1. The molecule has 0 saturated carbocycles. The van der Waals surface area contributed by atoms with Gasteiger partial charge in [0.05, 0.1) is 5.83 Å². The van der Waals surface area contributed by atoms with Crippen molar-refractivity contribution < 1.29 is 13.9 Å². The number of nitrogens with zero attached hydrogens (tertiary/aromatic N) is 1. The minimum absolute atomic E-state index is 0.101. The fraction of sp³-hybridized carbons (Fsp3) is 0.769. The van der Waals surface area contributed by atoms with Crippen LogP contribution in [-0.4, -0.2) is 29.7 Å². The van der Waals surface area contributed by atoms with Crippen LogP contribution in [-0.2, 0) is 4.74 Å². The van der Waals surface area contributed by atoms with E-state index in [4.69, 9.17) is 4.74 Å². The van der Waals surface area contributed by atoms with Crippen molar-refractivity contribution in [3.8, 4) is 0 Å². The molecule has 1 fully saturated rings. The van der Waals surface area contributed by atoms with Crippen LogP contribution in [0.3, 0.4) is 0 Å². The number of rotatable bonds is 0. The van der Waals surface area contributed by atoms with Gasteiger partial charge in [0.1, 0.15) is 5.60 Å². The number of carbonyl (C=O) groups is 1. The molecule has 0 radical (unpaired) electrons. The molecule has 1 rings (SSSR count). The molecule has 0 aromatic rings. The topological polar surface area (TPSA) is 29.5 Å². The molecule has 0 aromatic heterocycles. The Morgan fingerprint density at radius 2 is 1.94 bits per heavy atom. The highest BCUT2D eigenvalue weighted by Crippen LogP contribution is 2.22. The Labute approximate surface area is 103 Å². The molecule has 0 N–H and O–H groups in total. The van der Waals surface area contributed by atoms with Gasteiger partial charge in [0, 0.05) is 13.1 Å². The second kappa shape index (κ2) is 5.52. The van der Waals surface area contributed by atoms with Gasteiger partial charge < -0.3 is 9.64 Å². The summed E-state index contributed by atoms with van der Waals surface area (Å²) in [6, 6.07) is 0. The minimum Gasteiger partial charge on any atom is -0.444 e. The van der Waals surface area contributed by atoms with Gasteiger partial charge >= 0.3 is 6.09 Å². The van der Waals surface area contributed by atoms with Crippen molar-refractivity contribution in [3.63, 3.8) is 0 Å².